The Morgan fingerprint density at radius 2 is 1.61 bits per heavy atom. The highest BCUT2D eigenvalue weighted by atomic mass is 19.1. The highest BCUT2D eigenvalue weighted by Gasteiger charge is 2.54. The van der Waals surface area contributed by atoms with E-state index in [0.29, 0.717) is 23.6 Å². The third-order valence-corrected chi connectivity index (χ3v) is 6.68. The maximum absolute atomic E-state index is 13.9. The molecule has 28 heavy (non-hydrogen) atoms. The lowest BCUT2D eigenvalue weighted by molar-refractivity contribution is -0.00343. The van der Waals surface area contributed by atoms with E-state index in [1.165, 1.54) is 24.3 Å². The normalized spacial score (nSPS) is 31.1. The van der Waals surface area contributed by atoms with Gasteiger partial charge < -0.3 is 10.0 Å². The molecule has 0 saturated carbocycles. The minimum atomic E-state index is -0.578. The fourth-order valence-electron chi connectivity index (χ4n) is 5.51. The summed E-state index contributed by atoms with van der Waals surface area (Å²) in [6, 6.07) is 10.1. The van der Waals surface area contributed by atoms with E-state index in [1.54, 1.807) is 12.1 Å². The van der Waals surface area contributed by atoms with E-state index in [-0.39, 0.29) is 29.7 Å². The van der Waals surface area contributed by atoms with Gasteiger partial charge in [0, 0.05) is 30.1 Å². The van der Waals surface area contributed by atoms with Crippen LogP contribution in [0.1, 0.15) is 34.7 Å². The SMILES string of the molecule is O=C(c1ccc(O)cc1)N1C[C@H](c2cc(F)cc(F)c2)[C@H]2[C@@H]1C1CCN2CC1. The number of aromatic hydroxyl groups is 1. The van der Waals surface area contributed by atoms with Crippen molar-refractivity contribution in [2.45, 2.75) is 30.8 Å². The fraction of sp³-hybridized carbons (Fsp3) is 0.409. The summed E-state index contributed by atoms with van der Waals surface area (Å²) in [5.74, 6) is -0.814. The second-order valence-corrected chi connectivity index (χ2v) is 8.17. The molecule has 1 amide bonds. The van der Waals surface area contributed by atoms with Gasteiger partial charge in [-0.05, 0) is 73.8 Å². The number of rotatable bonds is 2. The van der Waals surface area contributed by atoms with Crippen molar-refractivity contribution in [2.24, 2.45) is 5.92 Å². The summed E-state index contributed by atoms with van der Waals surface area (Å²) in [4.78, 5) is 17.6. The van der Waals surface area contributed by atoms with Gasteiger partial charge >= 0.3 is 0 Å². The molecule has 4 fully saturated rings. The summed E-state index contributed by atoms with van der Waals surface area (Å²) in [7, 11) is 0. The third kappa shape index (κ3) is 2.78. The Hall–Kier alpha value is -2.47. The van der Waals surface area contributed by atoms with Gasteiger partial charge in [0.2, 0.25) is 0 Å². The first kappa shape index (κ1) is 17.6. The summed E-state index contributed by atoms with van der Waals surface area (Å²) < 4.78 is 27.8. The number of phenols is 1. The number of carbonyl (C=O) groups excluding carboxylic acids is 1. The van der Waals surface area contributed by atoms with E-state index >= 15 is 0 Å². The Morgan fingerprint density at radius 1 is 0.964 bits per heavy atom. The smallest absolute Gasteiger partial charge is 0.254 e. The van der Waals surface area contributed by atoms with Crippen LogP contribution in [0.4, 0.5) is 8.78 Å². The Labute approximate surface area is 162 Å². The van der Waals surface area contributed by atoms with Crippen molar-refractivity contribution in [2.75, 3.05) is 19.6 Å². The van der Waals surface area contributed by atoms with Crippen LogP contribution in [0.5, 0.6) is 5.75 Å². The molecule has 3 atom stereocenters. The molecule has 6 rings (SSSR count). The molecular weight excluding hydrogens is 362 g/mol. The number of hydrogen-bond acceptors (Lipinski definition) is 3. The van der Waals surface area contributed by atoms with E-state index < -0.39 is 11.6 Å². The second-order valence-electron chi connectivity index (χ2n) is 8.17. The molecule has 0 unspecified atom stereocenters. The zero-order valence-electron chi connectivity index (χ0n) is 15.4. The number of hydrogen-bond donors (Lipinski definition) is 1. The van der Waals surface area contributed by atoms with Crippen LogP contribution < -0.4 is 0 Å². The van der Waals surface area contributed by atoms with Gasteiger partial charge in [-0.3, -0.25) is 9.69 Å². The van der Waals surface area contributed by atoms with Gasteiger partial charge in [-0.15, -0.1) is 0 Å². The van der Waals surface area contributed by atoms with E-state index in [9.17, 15) is 18.7 Å². The molecule has 4 heterocycles. The van der Waals surface area contributed by atoms with Crippen LogP contribution in [0, 0.1) is 17.6 Å². The number of fused-ring (bicyclic) bond motifs is 2. The average Bonchev–Trinajstić information content (AvgIpc) is 3.11. The average molecular weight is 384 g/mol. The molecule has 4 aliphatic rings. The molecule has 2 aromatic carbocycles. The molecule has 0 aliphatic carbocycles. The third-order valence-electron chi connectivity index (χ3n) is 6.68. The molecule has 146 valence electrons. The number of nitrogens with zero attached hydrogens (tertiary/aromatic N) is 2. The van der Waals surface area contributed by atoms with Crippen LogP contribution in [0.15, 0.2) is 42.5 Å². The van der Waals surface area contributed by atoms with Crippen LogP contribution >= 0.6 is 0 Å². The number of halogens is 2. The summed E-state index contributed by atoms with van der Waals surface area (Å²) >= 11 is 0. The van der Waals surface area contributed by atoms with Crippen molar-refractivity contribution in [3.8, 4) is 5.75 Å². The van der Waals surface area contributed by atoms with Crippen LogP contribution in [0.25, 0.3) is 0 Å². The van der Waals surface area contributed by atoms with Crippen LogP contribution in [-0.2, 0) is 0 Å². The van der Waals surface area contributed by atoms with Crippen LogP contribution in [0.2, 0.25) is 0 Å². The monoisotopic (exact) mass is 384 g/mol. The molecule has 2 aromatic rings. The first-order valence-electron chi connectivity index (χ1n) is 9.81. The Morgan fingerprint density at radius 3 is 2.25 bits per heavy atom. The minimum absolute atomic E-state index is 0.0557. The maximum atomic E-state index is 13.9. The summed E-state index contributed by atoms with van der Waals surface area (Å²) in [6.07, 6.45) is 2.09. The predicted molar refractivity (Wildman–Crippen MR) is 100 cm³/mol. The van der Waals surface area contributed by atoms with Crippen molar-refractivity contribution in [3.63, 3.8) is 0 Å². The lowest BCUT2D eigenvalue weighted by Crippen LogP contribution is -2.60. The van der Waals surface area contributed by atoms with Crippen molar-refractivity contribution >= 4 is 5.91 Å². The Balaban J connectivity index is 1.53. The van der Waals surface area contributed by atoms with Gasteiger partial charge in [0.1, 0.15) is 17.4 Å². The molecule has 0 aromatic heterocycles. The number of amides is 1. The Kier molecular flexibility index (Phi) is 4.12. The molecular formula is C22H22F2N2O2. The zero-order valence-corrected chi connectivity index (χ0v) is 15.4. The molecule has 4 saturated heterocycles. The topological polar surface area (TPSA) is 43.8 Å². The summed E-state index contributed by atoms with van der Waals surface area (Å²) in [5.41, 5.74) is 1.15. The first-order valence-corrected chi connectivity index (χ1v) is 9.81. The minimum Gasteiger partial charge on any atom is -0.508 e. The number of piperidine rings is 3. The lowest BCUT2D eigenvalue weighted by atomic mass is 9.75. The van der Waals surface area contributed by atoms with E-state index in [2.05, 4.69) is 4.90 Å². The number of benzene rings is 2. The van der Waals surface area contributed by atoms with Gasteiger partial charge in [0.05, 0.1) is 6.04 Å². The van der Waals surface area contributed by atoms with Gasteiger partial charge in [-0.1, -0.05) is 0 Å². The van der Waals surface area contributed by atoms with Gasteiger partial charge in [-0.2, -0.15) is 0 Å². The maximum Gasteiger partial charge on any atom is 0.254 e. The van der Waals surface area contributed by atoms with E-state index in [4.69, 9.17) is 0 Å². The highest BCUT2D eigenvalue weighted by molar-refractivity contribution is 5.95. The van der Waals surface area contributed by atoms with Crippen LogP contribution in [-0.4, -0.2) is 52.5 Å². The first-order chi connectivity index (χ1) is 13.5. The van der Waals surface area contributed by atoms with Gasteiger partial charge in [-0.25, -0.2) is 8.78 Å². The molecule has 2 bridgehead atoms. The molecule has 0 spiro atoms. The van der Waals surface area contributed by atoms with Crippen LogP contribution in [0.3, 0.4) is 0 Å². The highest BCUT2D eigenvalue weighted by Crippen LogP contribution is 2.47. The fourth-order valence-corrected chi connectivity index (χ4v) is 5.51. The number of carbonyl (C=O) groups is 1. The second kappa shape index (κ2) is 6.55. The molecule has 6 heteroatoms. The quantitative estimate of drug-likeness (QED) is 0.863. The molecule has 0 radical (unpaired) electrons. The summed E-state index contributed by atoms with van der Waals surface area (Å²) in [6.45, 7) is 2.40. The number of likely N-dealkylation sites (tertiary alicyclic amines) is 1. The van der Waals surface area contributed by atoms with Crippen molar-refractivity contribution in [1.82, 2.24) is 9.80 Å². The molecule has 4 aliphatic heterocycles. The molecule has 1 N–H and O–H groups in total. The lowest BCUT2D eigenvalue weighted by Gasteiger charge is -2.51. The standard InChI is InChI=1S/C22H22F2N2O2/c23-16-9-15(10-17(24)11-16)19-12-26(22(28)14-1-3-18(27)4-2-14)20-13-5-7-25(8-6-13)21(19)20/h1-4,9-11,13,19-21,27H,5-8,12H2/t19-,20+,21+/m1/s1. The molecule has 4 nitrogen and oxygen atoms in total. The largest absolute Gasteiger partial charge is 0.508 e. The van der Waals surface area contributed by atoms with E-state index in [0.717, 1.165) is 32.0 Å². The van der Waals surface area contributed by atoms with E-state index in [1.807, 2.05) is 4.90 Å². The summed E-state index contributed by atoms with van der Waals surface area (Å²) in [5, 5.41) is 9.52. The van der Waals surface area contributed by atoms with Crippen molar-refractivity contribution in [3.05, 3.63) is 65.2 Å². The number of phenolic OH excluding ortho intramolecular Hbond substituents is 1. The van der Waals surface area contributed by atoms with Crippen molar-refractivity contribution in [1.29, 1.82) is 0 Å². The van der Waals surface area contributed by atoms with Crippen molar-refractivity contribution < 1.29 is 18.7 Å². The predicted octanol–water partition coefficient (Wildman–Crippen LogP) is 3.37. The Bertz CT molecular complexity index is 889. The van der Waals surface area contributed by atoms with Gasteiger partial charge in [0.15, 0.2) is 0 Å². The van der Waals surface area contributed by atoms with Gasteiger partial charge in [0.25, 0.3) is 5.91 Å². The zero-order chi connectivity index (χ0) is 19.4.